The van der Waals surface area contributed by atoms with Crippen LogP contribution < -0.4 is 10.1 Å². The van der Waals surface area contributed by atoms with Crippen molar-refractivity contribution in [2.75, 3.05) is 7.11 Å². The lowest BCUT2D eigenvalue weighted by atomic mass is 10.1. The number of carbonyl (C=O) groups is 1. The molecule has 7 heteroatoms. The van der Waals surface area contributed by atoms with Crippen LogP contribution in [0.25, 0.3) is 11.0 Å². The zero-order chi connectivity index (χ0) is 20.5. The van der Waals surface area contributed by atoms with Gasteiger partial charge in [-0.25, -0.2) is 4.98 Å². The van der Waals surface area contributed by atoms with Gasteiger partial charge in [-0.3, -0.25) is 4.79 Å². The number of carbonyl (C=O) groups excluding carboxylic acids is 1. The van der Waals surface area contributed by atoms with E-state index in [0.29, 0.717) is 16.4 Å². The SMILES string of the molecule is COc1ccc(C(NC(=O)c2oc3ccc(Cl)cc3c2C)c2nccn2C)cc1. The maximum Gasteiger partial charge on any atom is 0.288 e. The highest BCUT2D eigenvalue weighted by atomic mass is 35.5. The minimum Gasteiger partial charge on any atom is -0.497 e. The summed E-state index contributed by atoms with van der Waals surface area (Å²) in [4.78, 5) is 17.6. The summed E-state index contributed by atoms with van der Waals surface area (Å²) < 4.78 is 12.9. The summed E-state index contributed by atoms with van der Waals surface area (Å²) in [6.45, 7) is 1.85. The third-order valence-electron chi connectivity index (χ3n) is 4.95. The number of amides is 1. The van der Waals surface area contributed by atoms with Crippen molar-refractivity contribution in [2.45, 2.75) is 13.0 Å². The van der Waals surface area contributed by atoms with Gasteiger partial charge in [0.2, 0.25) is 0 Å². The van der Waals surface area contributed by atoms with E-state index in [0.717, 1.165) is 22.3 Å². The van der Waals surface area contributed by atoms with E-state index in [9.17, 15) is 4.79 Å². The first-order valence-corrected chi connectivity index (χ1v) is 9.46. The summed E-state index contributed by atoms with van der Waals surface area (Å²) >= 11 is 6.09. The quantitative estimate of drug-likeness (QED) is 0.520. The molecule has 0 aliphatic rings. The number of halogens is 1. The van der Waals surface area contributed by atoms with Crippen molar-refractivity contribution in [3.8, 4) is 5.75 Å². The van der Waals surface area contributed by atoms with Gasteiger partial charge in [-0.2, -0.15) is 0 Å². The molecule has 1 amide bonds. The molecule has 2 heterocycles. The Morgan fingerprint density at radius 2 is 2.00 bits per heavy atom. The van der Waals surface area contributed by atoms with Crippen molar-refractivity contribution < 1.29 is 13.9 Å². The molecule has 0 fully saturated rings. The van der Waals surface area contributed by atoms with Crippen LogP contribution in [-0.4, -0.2) is 22.6 Å². The second-order valence-electron chi connectivity index (χ2n) is 6.77. The smallest absolute Gasteiger partial charge is 0.288 e. The molecule has 2 aromatic heterocycles. The molecule has 6 nitrogen and oxygen atoms in total. The van der Waals surface area contributed by atoms with Crippen molar-refractivity contribution in [3.63, 3.8) is 0 Å². The van der Waals surface area contributed by atoms with Crippen molar-refractivity contribution >= 4 is 28.5 Å². The summed E-state index contributed by atoms with van der Waals surface area (Å²) in [5.41, 5.74) is 2.24. The van der Waals surface area contributed by atoms with Crippen molar-refractivity contribution in [2.24, 2.45) is 7.05 Å². The highest BCUT2D eigenvalue weighted by Gasteiger charge is 2.25. The van der Waals surface area contributed by atoms with Gasteiger partial charge in [-0.15, -0.1) is 0 Å². The summed E-state index contributed by atoms with van der Waals surface area (Å²) in [5.74, 6) is 1.39. The van der Waals surface area contributed by atoms with Crippen LogP contribution in [0.3, 0.4) is 0 Å². The molecule has 0 aliphatic heterocycles. The summed E-state index contributed by atoms with van der Waals surface area (Å²) in [5, 5.41) is 4.47. The van der Waals surface area contributed by atoms with E-state index >= 15 is 0 Å². The number of nitrogens with zero attached hydrogens (tertiary/aromatic N) is 2. The number of ether oxygens (including phenoxy) is 1. The number of hydrogen-bond donors (Lipinski definition) is 1. The third-order valence-corrected chi connectivity index (χ3v) is 5.18. The number of nitrogens with one attached hydrogen (secondary N) is 1. The Labute approximate surface area is 173 Å². The predicted octanol–water partition coefficient (Wildman–Crippen LogP) is 4.66. The molecule has 1 atom stereocenters. The van der Waals surface area contributed by atoms with Gasteiger partial charge in [0, 0.05) is 35.4 Å². The molecule has 1 N–H and O–H groups in total. The Hall–Kier alpha value is -3.25. The van der Waals surface area contributed by atoms with Crippen LogP contribution in [0.15, 0.2) is 59.3 Å². The first-order valence-electron chi connectivity index (χ1n) is 9.08. The molecule has 148 valence electrons. The fourth-order valence-electron chi connectivity index (χ4n) is 3.35. The molecule has 0 saturated heterocycles. The largest absolute Gasteiger partial charge is 0.497 e. The van der Waals surface area contributed by atoms with Gasteiger partial charge in [-0.1, -0.05) is 23.7 Å². The molecule has 29 heavy (non-hydrogen) atoms. The Kier molecular flexibility index (Phi) is 5.03. The fraction of sp³-hybridized carbons (Fsp3) is 0.182. The van der Waals surface area contributed by atoms with Gasteiger partial charge in [0.05, 0.1) is 7.11 Å². The van der Waals surface area contributed by atoms with E-state index in [-0.39, 0.29) is 11.7 Å². The van der Waals surface area contributed by atoms with Crippen LogP contribution in [-0.2, 0) is 7.05 Å². The summed E-state index contributed by atoms with van der Waals surface area (Å²) in [6, 6.07) is 12.4. The number of methoxy groups -OCH3 is 1. The molecule has 0 aliphatic carbocycles. The summed E-state index contributed by atoms with van der Waals surface area (Å²) in [6.07, 6.45) is 3.54. The van der Waals surface area contributed by atoms with Crippen LogP contribution in [0, 0.1) is 6.92 Å². The van der Waals surface area contributed by atoms with Gasteiger partial charge in [0.1, 0.15) is 23.2 Å². The molecule has 1 unspecified atom stereocenters. The number of rotatable bonds is 5. The van der Waals surface area contributed by atoms with E-state index in [4.69, 9.17) is 20.8 Å². The van der Waals surface area contributed by atoms with Crippen molar-refractivity contribution in [1.82, 2.24) is 14.9 Å². The van der Waals surface area contributed by atoms with Crippen LogP contribution >= 0.6 is 11.6 Å². The van der Waals surface area contributed by atoms with Crippen LogP contribution in [0.2, 0.25) is 5.02 Å². The van der Waals surface area contributed by atoms with Gasteiger partial charge in [0.25, 0.3) is 5.91 Å². The van der Waals surface area contributed by atoms with Gasteiger partial charge in [-0.05, 0) is 42.8 Å². The maximum absolute atomic E-state index is 13.1. The Morgan fingerprint density at radius 3 is 2.66 bits per heavy atom. The van der Waals surface area contributed by atoms with E-state index in [1.54, 1.807) is 31.5 Å². The lowest BCUT2D eigenvalue weighted by molar-refractivity contribution is 0.0914. The zero-order valence-electron chi connectivity index (χ0n) is 16.3. The van der Waals surface area contributed by atoms with Crippen molar-refractivity contribution in [1.29, 1.82) is 0 Å². The number of benzene rings is 2. The molecule has 0 radical (unpaired) electrons. The first kappa shape index (κ1) is 19.1. The Balaban J connectivity index is 1.71. The molecular weight excluding hydrogens is 390 g/mol. The average molecular weight is 410 g/mol. The number of aryl methyl sites for hydroxylation is 2. The predicted molar refractivity (Wildman–Crippen MR) is 111 cm³/mol. The monoisotopic (exact) mass is 409 g/mol. The first-order chi connectivity index (χ1) is 14.0. The zero-order valence-corrected chi connectivity index (χ0v) is 17.0. The van der Waals surface area contributed by atoms with Gasteiger partial charge in [0.15, 0.2) is 5.76 Å². The molecule has 4 rings (SSSR count). The fourth-order valence-corrected chi connectivity index (χ4v) is 3.53. The average Bonchev–Trinajstić information content (AvgIpc) is 3.29. The van der Waals surface area contributed by atoms with E-state index < -0.39 is 6.04 Å². The van der Waals surface area contributed by atoms with E-state index in [1.165, 1.54) is 0 Å². The van der Waals surface area contributed by atoms with E-state index in [2.05, 4.69) is 10.3 Å². The van der Waals surface area contributed by atoms with E-state index in [1.807, 2.05) is 49.0 Å². The maximum atomic E-state index is 13.1. The minimum atomic E-state index is -0.454. The number of aromatic nitrogens is 2. The van der Waals surface area contributed by atoms with Gasteiger partial charge < -0.3 is 19.0 Å². The normalized spacial score (nSPS) is 12.1. The number of imidazole rings is 1. The van der Waals surface area contributed by atoms with Gasteiger partial charge >= 0.3 is 0 Å². The minimum absolute atomic E-state index is 0.259. The topological polar surface area (TPSA) is 69.3 Å². The lowest BCUT2D eigenvalue weighted by Crippen LogP contribution is -2.31. The highest BCUT2D eigenvalue weighted by molar-refractivity contribution is 6.31. The molecule has 0 saturated carbocycles. The molecular formula is C22H20ClN3O3. The molecule has 2 aromatic carbocycles. The van der Waals surface area contributed by atoms with Crippen molar-refractivity contribution in [3.05, 3.63) is 82.6 Å². The molecule has 4 aromatic rings. The number of fused-ring (bicyclic) bond motifs is 1. The third kappa shape index (κ3) is 3.59. The second-order valence-corrected chi connectivity index (χ2v) is 7.21. The number of hydrogen-bond acceptors (Lipinski definition) is 4. The highest BCUT2D eigenvalue weighted by Crippen LogP contribution is 2.29. The molecule has 0 bridgehead atoms. The number of furan rings is 1. The standard InChI is InChI=1S/C22H20ClN3O3/c1-13-17-12-15(23)6-9-18(17)29-20(13)22(27)25-19(21-24-10-11-26(21)2)14-4-7-16(28-3)8-5-14/h4-12,19H,1-3H3,(H,25,27). The van der Waals surface area contributed by atoms with Crippen LogP contribution in [0.1, 0.15) is 33.5 Å². The second kappa shape index (κ2) is 7.64. The Morgan fingerprint density at radius 1 is 1.24 bits per heavy atom. The molecule has 0 spiro atoms. The lowest BCUT2D eigenvalue weighted by Gasteiger charge is -2.19. The van der Waals surface area contributed by atoms with Crippen LogP contribution in [0.5, 0.6) is 5.75 Å². The Bertz CT molecular complexity index is 1180. The van der Waals surface area contributed by atoms with Crippen LogP contribution in [0.4, 0.5) is 0 Å². The summed E-state index contributed by atoms with van der Waals surface area (Å²) in [7, 11) is 3.50.